The topological polar surface area (TPSA) is 73.6 Å². The van der Waals surface area contributed by atoms with Gasteiger partial charge in [0.2, 0.25) is 0 Å². The van der Waals surface area contributed by atoms with E-state index in [0.717, 1.165) is 49.6 Å². The van der Waals surface area contributed by atoms with Crippen molar-refractivity contribution in [3.05, 3.63) is 60.7 Å². The molecule has 4 rings (SSSR count). The SMILES string of the molecule is CCOCCSc1nn(C[C@H]2CC[C@@H](COCC(=O)O)CC2)c(-c2ccccc2)c1-c1ccccc1. The number of ether oxygens (including phenoxy) is 2. The number of hydrogen-bond acceptors (Lipinski definition) is 5. The first-order chi connectivity index (χ1) is 17.7. The fourth-order valence-electron chi connectivity index (χ4n) is 4.91. The molecule has 1 N–H and O–H groups in total. The minimum Gasteiger partial charge on any atom is -0.480 e. The van der Waals surface area contributed by atoms with Gasteiger partial charge < -0.3 is 14.6 Å². The van der Waals surface area contributed by atoms with Crippen LogP contribution < -0.4 is 0 Å². The Morgan fingerprint density at radius 3 is 2.25 bits per heavy atom. The first-order valence-corrected chi connectivity index (χ1v) is 13.9. The van der Waals surface area contributed by atoms with E-state index in [4.69, 9.17) is 19.7 Å². The highest BCUT2D eigenvalue weighted by Gasteiger charge is 2.26. The molecule has 1 aliphatic carbocycles. The van der Waals surface area contributed by atoms with Crippen molar-refractivity contribution in [1.82, 2.24) is 9.78 Å². The van der Waals surface area contributed by atoms with Crippen molar-refractivity contribution >= 4 is 17.7 Å². The monoisotopic (exact) mass is 508 g/mol. The predicted molar refractivity (Wildman–Crippen MR) is 144 cm³/mol. The maximum Gasteiger partial charge on any atom is 0.329 e. The van der Waals surface area contributed by atoms with E-state index in [1.807, 2.05) is 6.92 Å². The summed E-state index contributed by atoms with van der Waals surface area (Å²) in [6.07, 6.45) is 4.33. The van der Waals surface area contributed by atoms with Gasteiger partial charge in [-0.15, -0.1) is 11.8 Å². The van der Waals surface area contributed by atoms with Gasteiger partial charge in [0, 0.05) is 30.0 Å². The highest BCUT2D eigenvalue weighted by molar-refractivity contribution is 7.99. The predicted octanol–water partition coefficient (Wildman–Crippen LogP) is 6.25. The van der Waals surface area contributed by atoms with Gasteiger partial charge in [-0.2, -0.15) is 5.10 Å². The van der Waals surface area contributed by atoms with E-state index >= 15 is 0 Å². The largest absolute Gasteiger partial charge is 0.480 e. The van der Waals surface area contributed by atoms with Gasteiger partial charge in [-0.3, -0.25) is 4.68 Å². The number of rotatable bonds is 13. The Morgan fingerprint density at radius 1 is 0.972 bits per heavy atom. The molecule has 1 aromatic heterocycles. The number of benzene rings is 2. The fraction of sp³-hybridized carbons (Fsp3) is 0.448. The first-order valence-electron chi connectivity index (χ1n) is 12.9. The van der Waals surface area contributed by atoms with Crippen LogP contribution in [0, 0.1) is 11.8 Å². The Labute approximate surface area is 218 Å². The molecule has 0 spiro atoms. The molecule has 1 saturated carbocycles. The molecule has 1 aliphatic rings. The van der Waals surface area contributed by atoms with Gasteiger partial charge in [0.15, 0.2) is 0 Å². The third-order valence-corrected chi connectivity index (χ3v) is 7.61. The molecule has 0 atom stereocenters. The van der Waals surface area contributed by atoms with Crippen molar-refractivity contribution in [2.75, 3.05) is 32.2 Å². The normalized spacial score (nSPS) is 17.8. The van der Waals surface area contributed by atoms with E-state index in [1.54, 1.807) is 11.8 Å². The van der Waals surface area contributed by atoms with Crippen LogP contribution in [0.15, 0.2) is 65.7 Å². The highest BCUT2D eigenvalue weighted by atomic mass is 32.2. The molecule has 0 unspecified atom stereocenters. The zero-order valence-corrected chi connectivity index (χ0v) is 21.8. The van der Waals surface area contributed by atoms with Crippen LogP contribution in [0.25, 0.3) is 22.4 Å². The van der Waals surface area contributed by atoms with Gasteiger partial charge in [0.1, 0.15) is 11.6 Å². The molecule has 0 saturated heterocycles. The number of hydrogen-bond donors (Lipinski definition) is 1. The summed E-state index contributed by atoms with van der Waals surface area (Å²) in [6, 6.07) is 21.1. The number of carboxylic acids is 1. The van der Waals surface area contributed by atoms with Crippen molar-refractivity contribution in [1.29, 1.82) is 0 Å². The molecule has 0 bridgehead atoms. The van der Waals surface area contributed by atoms with E-state index in [2.05, 4.69) is 65.3 Å². The quantitative estimate of drug-likeness (QED) is 0.217. The summed E-state index contributed by atoms with van der Waals surface area (Å²) in [5.74, 6) is 0.935. The molecular weight excluding hydrogens is 472 g/mol. The van der Waals surface area contributed by atoms with Gasteiger partial charge in [-0.1, -0.05) is 60.7 Å². The second kappa shape index (κ2) is 13.6. The number of aromatic nitrogens is 2. The molecule has 1 fully saturated rings. The van der Waals surface area contributed by atoms with Crippen molar-refractivity contribution in [2.45, 2.75) is 44.2 Å². The molecular formula is C29H36N2O4S. The van der Waals surface area contributed by atoms with E-state index in [0.29, 0.717) is 25.0 Å². The van der Waals surface area contributed by atoms with Crippen LogP contribution in [0.1, 0.15) is 32.6 Å². The van der Waals surface area contributed by atoms with E-state index in [-0.39, 0.29) is 6.61 Å². The Bertz CT molecular complexity index is 1080. The number of nitrogens with zero attached hydrogens (tertiary/aromatic N) is 2. The van der Waals surface area contributed by atoms with Crippen LogP contribution in [0.5, 0.6) is 0 Å². The van der Waals surface area contributed by atoms with Crippen molar-refractivity contribution in [2.24, 2.45) is 11.8 Å². The van der Waals surface area contributed by atoms with Crippen molar-refractivity contribution in [3.63, 3.8) is 0 Å². The van der Waals surface area contributed by atoms with Crippen LogP contribution in [0.2, 0.25) is 0 Å². The summed E-state index contributed by atoms with van der Waals surface area (Å²) >= 11 is 1.76. The molecule has 192 valence electrons. The molecule has 0 aliphatic heterocycles. The lowest BCUT2D eigenvalue weighted by atomic mass is 9.82. The lowest BCUT2D eigenvalue weighted by Crippen LogP contribution is -2.23. The molecule has 0 amide bonds. The Hall–Kier alpha value is -2.61. The standard InChI is InChI=1S/C29H36N2O4S/c1-2-34-17-18-36-29-27(24-9-5-3-6-10-24)28(25-11-7-4-8-12-25)31(30-29)19-22-13-15-23(16-14-22)20-35-21-26(32)33/h3-12,22-23H,2,13-21H2,1H3,(H,32,33)/t22-,23+. The third kappa shape index (κ3) is 7.21. The Balaban J connectivity index is 1.58. The summed E-state index contributed by atoms with van der Waals surface area (Å²) in [6.45, 7) is 4.65. The van der Waals surface area contributed by atoms with Crippen LogP contribution in [0.3, 0.4) is 0 Å². The zero-order valence-electron chi connectivity index (χ0n) is 21.0. The van der Waals surface area contributed by atoms with E-state index in [9.17, 15) is 4.79 Å². The van der Waals surface area contributed by atoms with Crippen molar-refractivity contribution < 1.29 is 19.4 Å². The summed E-state index contributed by atoms with van der Waals surface area (Å²) < 4.78 is 13.2. The third-order valence-electron chi connectivity index (χ3n) is 6.68. The smallest absolute Gasteiger partial charge is 0.329 e. The van der Waals surface area contributed by atoms with Gasteiger partial charge in [-0.25, -0.2) is 4.79 Å². The minimum absolute atomic E-state index is 0.209. The highest BCUT2D eigenvalue weighted by Crippen LogP contribution is 2.41. The summed E-state index contributed by atoms with van der Waals surface area (Å²) in [5.41, 5.74) is 4.73. The summed E-state index contributed by atoms with van der Waals surface area (Å²) in [7, 11) is 0. The minimum atomic E-state index is -0.903. The van der Waals surface area contributed by atoms with Crippen molar-refractivity contribution in [3.8, 4) is 22.4 Å². The fourth-order valence-corrected chi connectivity index (χ4v) is 5.82. The van der Waals surface area contributed by atoms with Crippen LogP contribution in [-0.2, 0) is 20.8 Å². The second-order valence-electron chi connectivity index (χ2n) is 9.28. The summed E-state index contributed by atoms with van der Waals surface area (Å²) in [4.78, 5) is 10.7. The van der Waals surface area contributed by atoms with Gasteiger partial charge in [0.05, 0.1) is 18.9 Å². The lowest BCUT2D eigenvalue weighted by molar-refractivity contribution is -0.142. The maximum atomic E-state index is 10.7. The number of carbonyl (C=O) groups is 1. The average molecular weight is 509 g/mol. The van der Waals surface area contributed by atoms with Crippen LogP contribution in [0.4, 0.5) is 0 Å². The lowest BCUT2D eigenvalue weighted by Gasteiger charge is -2.28. The molecule has 0 radical (unpaired) electrons. The first kappa shape index (κ1) is 26.5. The molecule has 7 heteroatoms. The average Bonchev–Trinajstić information content (AvgIpc) is 3.26. The molecule has 6 nitrogen and oxygen atoms in total. The second-order valence-corrected chi connectivity index (χ2v) is 10.4. The molecule has 1 heterocycles. The summed E-state index contributed by atoms with van der Waals surface area (Å²) in [5, 5.41) is 15.0. The maximum absolute atomic E-state index is 10.7. The van der Waals surface area contributed by atoms with Crippen LogP contribution >= 0.6 is 11.8 Å². The Morgan fingerprint density at radius 2 is 1.61 bits per heavy atom. The molecule has 3 aromatic rings. The number of carboxylic acid groups (broad SMARTS) is 1. The van der Waals surface area contributed by atoms with Gasteiger partial charge in [0.25, 0.3) is 0 Å². The number of aliphatic carboxylic acids is 1. The van der Waals surface area contributed by atoms with Crippen LogP contribution in [-0.4, -0.2) is 53.0 Å². The molecule has 36 heavy (non-hydrogen) atoms. The Kier molecular flexibility index (Phi) is 10.0. The number of thioether (sulfide) groups is 1. The zero-order chi connectivity index (χ0) is 25.2. The van der Waals surface area contributed by atoms with E-state index < -0.39 is 5.97 Å². The van der Waals surface area contributed by atoms with E-state index in [1.165, 1.54) is 22.4 Å². The van der Waals surface area contributed by atoms with Gasteiger partial charge >= 0.3 is 5.97 Å². The van der Waals surface area contributed by atoms with Gasteiger partial charge in [-0.05, 0) is 50.0 Å². The molecule has 2 aromatic carbocycles.